The van der Waals surface area contributed by atoms with Crippen LogP contribution in [-0.2, 0) is 17.9 Å². The Labute approximate surface area is 127 Å². The van der Waals surface area contributed by atoms with Gasteiger partial charge in [-0.15, -0.1) is 0 Å². The summed E-state index contributed by atoms with van der Waals surface area (Å²) in [7, 11) is 0. The van der Waals surface area contributed by atoms with Crippen molar-refractivity contribution in [2.75, 3.05) is 26.3 Å². The van der Waals surface area contributed by atoms with E-state index >= 15 is 0 Å². The highest BCUT2D eigenvalue weighted by Crippen LogP contribution is 2.29. The van der Waals surface area contributed by atoms with E-state index in [9.17, 15) is 0 Å². The maximum absolute atomic E-state index is 5.90. The van der Waals surface area contributed by atoms with Gasteiger partial charge in [0, 0.05) is 25.8 Å². The van der Waals surface area contributed by atoms with Gasteiger partial charge in [-0.05, 0) is 12.1 Å². The van der Waals surface area contributed by atoms with Crippen LogP contribution in [-0.4, -0.2) is 45.7 Å². The second kappa shape index (κ2) is 5.29. The summed E-state index contributed by atoms with van der Waals surface area (Å²) in [5, 5.41) is 0.436. The summed E-state index contributed by atoms with van der Waals surface area (Å²) < 4.78 is 13.0. The van der Waals surface area contributed by atoms with Crippen LogP contribution in [0.25, 0.3) is 5.69 Å². The van der Waals surface area contributed by atoms with Crippen LogP contribution in [0.15, 0.2) is 18.3 Å². The number of pyridine rings is 1. The fourth-order valence-electron chi connectivity index (χ4n) is 2.68. The molecule has 0 N–H and O–H groups in total. The summed E-state index contributed by atoms with van der Waals surface area (Å²) in [6.45, 7) is 4.74. The SMILES string of the molecule is Clc1ccc2c(n1)OCc1nc(CN3CCOCC3)cn1-2. The molecule has 0 unspecified atom stereocenters. The molecule has 6 nitrogen and oxygen atoms in total. The standard InChI is InChI=1S/C14H15ClN4O2/c15-12-2-1-11-14(17-12)21-9-13-16-10(8-19(11)13)7-18-3-5-20-6-4-18/h1-2,8H,3-7,9H2. The van der Waals surface area contributed by atoms with E-state index in [4.69, 9.17) is 21.1 Å². The molecule has 1 saturated heterocycles. The zero-order valence-corrected chi connectivity index (χ0v) is 12.2. The molecule has 1 fully saturated rings. The summed E-state index contributed by atoms with van der Waals surface area (Å²) in [5.74, 6) is 1.46. The first-order valence-electron chi connectivity index (χ1n) is 6.96. The second-order valence-electron chi connectivity index (χ2n) is 5.15. The largest absolute Gasteiger partial charge is 0.468 e. The third-order valence-corrected chi connectivity index (χ3v) is 3.93. The molecule has 0 spiro atoms. The van der Waals surface area contributed by atoms with Crippen LogP contribution < -0.4 is 4.74 Å². The Kier molecular flexibility index (Phi) is 3.29. The summed E-state index contributed by atoms with van der Waals surface area (Å²) in [5.41, 5.74) is 1.93. The number of fused-ring (bicyclic) bond motifs is 3. The van der Waals surface area contributed by atoms with E-state index in [1.807, 2.05) is 10.6 Å². The number of hydrogen-bond donors (Lipinski definition) is 0. The molecular weight excluding hydrogens is 292 g/mol. The summed E-state index contributed by atoms with van der Waals surface area (Å²) >= 11 is 5.90. The maximum Gasteiger partial charge on any atom is 0.240 e. The Hall–Kier alpha value is -1.63. The predicted octanol–water partition coefficient (Wildman–Crippen LogP) is 1.65. The topological polar surface area (TPSA) is 52.4 Å². The monoisotopic (exact) mass is 306 g/mol. The predicted molar refractivity (Wildman–Crippen MR) is 76.8 cm³/mol. The number of aromatic nitrogens is 3. The molecule has 0 atom stereocenters. The van der Waals surface area contributed by atoms with Crippen LogP contribution in [0.3, 0.4) is 0 Å². The second-order valence-corrected chi connectivity index (χ2v) is 5.54. The van der Waals surface area contributed by atoms with E-state index < -0.39 is 0 Å². The first kappa shape index (κ1) is 13.1. The number of ether oxygens (including phenoxy) is 2. The van der Waals surface area contributed by atoms with Crippen molar-refractivity contribution in [3.63, 3.8) is 0 Å². The van der Waals surface area contributed by atoms with E-state index in [-0.39, 0.29) is 0 Å². The number of nitrogens with zero attached hydrogens (tertiary/aromatic N) is 4. The Morgan fingerprint density at radius 2 is 2.05 bits per heavy atom. The number of imidazole rings is 1. The van der Waals surface area contributed by atoms with Gasteiger partial charge < -0.3 is 9.47 Å². The Balaban J connectivity index is 1.62. The zero-order valence-electron chi connectivity index (χ0n) is 11.5. The molecule has 2 aliphatic rings. The van der Waals surface area contributed by atoms with E-state index in [0.717, 1.165) is 50.1 Å². The molecule has 110 valence electrons. The van der Waals surface area contributed by atoms with Crippen molar-refractivity contribution in [2.45, 2.75) is 13.2 Å². The van der Waals surface area contributed by atoms with E-state index in [1.165, 1.54) is 0 Å². The lowest BCUT2D eigenvalue weighted by Gasteiger charge is -2.25. The minimum absolute atomic E-state index is 0.420. The van der Waals surface area contributed by atoms with Gasteiger partial charge in [0.15, 0.2) is 5.82 Å². The van der Waals surface area contributed by atoms with Crippen LogP contribution >= 0.6 is 11.6 Å². The van der Waals surface area contributed by atoms with E-state index in [2.05, 4.69) is 21.1 Å². The first-order valence-corrected chi connectivity index (χ1v) is 7.34. The zero-order chi connectivity index (χ0) is 14.2. The summed E-state index contributed by atoms with van der Waals surface area (Å²) in [4.78, 5) is 11.2. The van der Waals surface area contributed by atoms with Gasteiger partial charge >= 0.3 is 0 Å². The quantitative estimate of drug-likeness (QED) is 0.790. The normalized spacial score (nSPS) is 18.0. The lowest BCUT2D eigenvalue weighted by atomic mass is 10.3. The van der Waals surface area contributed by atoms with Crippen LogP contribution in [0.5, 0.6) is 5.88 Å². The fourth-order valence-corrected chi connectivity index (χ4v) is 2.82. The van der Waals surface area contributed by atoms with Gasteiger partial charge in [-0.3, -0.25) is 9.47 Å². The molecule has 7 heteroatoms. The van der Waals surface area contributed by atoms with Crippen molar-refractivity contribution >= 4 is 11.6 Å². The number of halogens is 1. The molecule has 2 aromatic rings. The van der Waals surface area contributed by atoms with Crippen LogP contribution in [0.1, 0.15) is 11.5 Å². The lowest BCUT2D eigenvalue weighted by molar-refractivity contribution is 0.0337. The van der Waals surface area contributed by atoms with Crippen molar-refractivity contribution < 1.29 is 9.47 Å². The minimum Gasteiger partial charge on any atom is -0.468 e. The van der Waals surface area contributed by atoms with Crippen molar-refractivity contribution in [1.29, 1.82) is 0 Å². The molecule has 2 aliphatic heterocycles. The Bertz CT molecular complexity index is 667. The van der Waals surface area contributed by atoms with E-state index in [1.54, 1.807) is 6.07 Å². The van der Waals surface area contributed by atoms with Gasteiger partial charge in [0.25, 0.3) is 0 Å². The van der Waals surface area contributed by atoms with Gasteiger partial charge in [-0.1, -0.05) is 11.6 Å². The first-order chi connectivity index (χ1) is 10.3. The average Bonchev–Trinajstić information content (AvgIpc) is 2.90. The summed E-state index contributed by atoms with van der Waals surface area (Å²) in [6, 6.07) is 3.67. The van der Waals surface area contributed by atoms with Crippen LogP contribution in [0.2, 0.25) is 5.15 Å². The van der Waals surface area contributed by atoms with Gasteiger partial charge in [-0.2, -0.15) is 4.98 Å². The minimum atomic E-state index is 0.420. The molecule has 0 amide bonds. The molecule has 4 rings (SSSR count). The van der Waals surface area contributed by atoms with E-state index in [0.29, 0.717) is 17.6 Å². The molecule has 0 saturated carbocycles. The van der Waals surface area contributed by atoms with Crippen molar-refractivity contribution in [3.8, 4) is 11.6 Å². The number of rotatable bonds is 2. The Morgan fingerprint density at radius 3 is 2.90 bits per heavy atom. The smallest absolute Gasteiger partial charge is 0.240 e. The number of morpholine rings is 1. The van der Waals surface area contributed by atoms with Crippen LogP contribution in [0, 0.1) is 0 Å². The molecule has 0 bridgehead atoms. The average molecular weight is 307 g/mol. The van der Waals surface area contributed by atoms with Gasteiger partial charge in [0.05, 0.1) is 18.9 Å². The fraction of sp³-hybridized carbons (Fsp3) is 0.429. The Morgan fingerprint density at radius 1 is 1.19 bits per heavy atom. The van der Waals surface area contributed by atoms with Crippen molar-refractivity contribution in [3.05, 3.63) is 35.0 Å². The molecule has 0 aromatic carbocycles. The number of hydrogen-bond acceptors (Lipinski definition) is 5. The van der Waals surface area contributed by atoms with Crippen molar-refractivity contribution in [2.24, 2.45) is 0 Å². The highest BCUT2D eigenvalue weighted by molar-refractivity contribution is 6.29. The molecular formula is C14H15ClN4O2. The third kappa shape index (κ3) is 2.50. The maximum atomic E-state index is 5.90. The highest BCUT2D eigenvalue weighted by Gasteiger charge is 2.21. The molecule has 21 heavy (non-hydrogen) atoms. The highest BCUT2D eigenvalue weighted by atomic mass is 35.5. The van der Waals surface area contributed by atoms with Gasteiger partial charge in [0.2, 0.25) is 5.88 Å². The van der Waals surface area contributed by atoms with Gasteiger partial charge in [0.1, 0.15) is 17.4 Å². The molecule has 0 aliphatic carbocycles. The molecule has 4 heterocycles. The van der Waals surface area contributed by atoms with Crippen LogP contribution in [0.4, 0.5) is 0 Å². The molecule has 2 aromatic heterocycles. The summed E-state index contributed by atoms with van der Waals surface area (Å²) in [6.07, 6.45) is 2.06. The van der Waals surface area contributed by atoms with Crippen molar-refractivity contribution in [1.82, 2.24) is 19.4 Å². The van der Waals surface area contributed by atoms with Gasteiger partial charge in [-0.25, -0.2) is 4.98 Å². The third-order valence-electron chi connectivity index (χ3n) is 3.72. The lowest BCUT2D eigenvalue weighted by Crippen LogP contribution is -2.35. The molecule has 0 radical (unpaired) electrons.